The fraction of sp³-hybridized carbons (Fsp3) is 0.647. The summed E-state index contributed by atoms with van der Waals surface area (Å²) in [6, 6.07) is 6.85. The number of ether oxygens (including phenoxy) is 1. The van der Waals surface area contributed by atoms with Crippen LogP contribution < -0.4 is 10.1 Å². The Kier molecular flexibility index (Phi) is 4.09. The van der Waals surface area contributed by atoms with Crippen molar-refractivity contribution in [1.82, 2.24) is 5.32 Å². The van der Waals surface area contributed by atoms with E-state index >= 15 is 0 Å². The summed E-state index contributed by atoms with van der Waals surface area (Å²) >= 11 is 3.57. The van der Waals surface area contributed by atoms with Crippen LogP contribution in [0.2, 0.25) is 0 Å². The van der Waals surface area contributed by atoms with E-state index in [-0.39, 0.29) is 5.60 Å². The molecule has 1 unspecified atom stereocenters. The van der Waals surface area contributed by atoms with Gasteiger partial charge in [0.15, 0.2) is 0 Å². The van der Waals surface area contributed by atoms with Crippen molar-refractivity contribution in [2.75, 3.05) is 7.05 Å². The average Bonchev–Trinajstić information content (AvgIpc) is 2.47. The zero-order valence-corrected chi connectivity index (χ0v) is 14.0. The van der Waals surface area contributed by atoms with Crippen molar-refractivity contribution in [3.05, 3.63) is 28.2 Å². The third-order valence-corrected chi connectivity index (χ3v) is 5.69. The minimum Gasteiger partial charge on any atom is -0.487 e. The van der Waals surface area contributed by atoms with Crippen LogP contribution in [0.1, 0.15) is 57.1 Å². The van der Waals surface area contributed by atoms with Gasteiger partial charge in [0.25, 0.3) is 0 Å². The van der Waals surface area contributed by atoms with Crippen LogP contribution >= 0.6 is 15.9 Å². The Morgan fingerprint density at radius 1 is 1.35 bits per heavy atom. The van der Waals surface area contributed by atoms with Crippen molar-refractivity contribution in [2.45, 2.75) is 57.1 Å². The van der Waals surface area contributed by atoms with Crippen LogP contribution in [0.15, 0.2) is 22.7 Å². The van der Waals surface area contributed by atoms with Gasteiger partial charge in [-0.05, 0) is 50.8 Å². The second-order valence-corrected chi connectivity index (χ2v) is 7.28. The minimum absolute atomic E-state index is 0.0626. The Morgan fingerprint density at radius 3 is 2.75 bits per heavy atom. The molecule has 20 heavy (non-hydrogen) atoms. The van der Waals surface area contributed by atoms with Gasteiger partial charge in [0.2, 0.25) is 0 Å². The Bertz CT molecular complexity index is 480. The lowest BCUT2D eigenvalue weighted by Gasteiger charge is -2.46. The number of hydrogen-bond acceptors (Lipinski definition) is 2. The molecule has 0 aromatic heterocycles. The van der Waals surface area contributed by atoms with Gasteiger partial charge < -0.3 is 10.1 Å². The topological polar surface area (TPSA) is 21.3 Å². The van der Waals surface area contributed by atoms with E-state index in [1.54, 1.807) is 0 Å². The number of hydrogen-bond donors (Lipinski definition) is 1. The van der Waals surface area contributed by atoms with Gasteiger partial charge in [-0.25, -0.2) is 0 Å². The molecule has 1 heterocycles. The van der Waals surface area contributed by atoms with E-state index in [4.69, 9.17) is 4.74 Å². The zero-order chi connectivity index (χ0) is 14.2. The molecule has 0 bridgehead atoms. The average molecular weight is 338 g/mol. The van der Waals surface area contributed by atoms with Gasteiger partial charge in [-0.15, -0.1) is 0 Å². The van der Waals surface area contributed by atoms with Crippen LogP contribution in [0, 0.1) is 5.92 Å². The molecule has 1 N–H and O–H groups in total. The maximum absolute atomic E-state index is 6.50. The SMILES string of the molecule is CCC1CCC2(CC1)CC(NC)c1ccc(Br)cc1O2. The van der Waals surface area contributed by atoms with E-state index in [9.17, 15) is 0 Å². The zero-order valence-electron chi connectivity index (χ0n) is 12.4. The van der Waals surface area contributed by atoms with Crippen LogP contribution in [-0.4, -0.2) is 12.6 Å². The smallest absolute Gasteiger partial charge is 0.126 e. The molecule has 1 fully saturated rings. The van der Waals surface area contributed by atoms with Crippen molar-refractivity contribution in [2.24, 2.45) is 5.92 Å². The third-order valence-electron chi connectivity index (χ3n) is 5.20. The highest BCUT2D eigenvalue weighted by atomic mass is 79.9. The van der Waals surface area contributed by atoms with Crippen molar-refractivity contribution >= 4 is 15.9 Å². The first-order chi connectivity index (χ1) is 9.65. The molecule has 0 saturated heterocycles. The number of benzene rings is 1. The lowest BCUT2D eigenvalue weighted by molar-refractivity contribution is -0.0143. The third kappa shape index (κ3) is 2.62. The normalized spacial score (nSPS) is 32.8. The van der Waals surface area contributed by atoms with E-state index in [2.05, 4.69) is 53.4 Å². The maximum Gasteiger partial charge on any atom is 0.126 e. The molecular weight excluding hydrogens is 314 g/mol. The van der Waals surface area contributed by atoms with Crippen LogP contribution in [0.3, 0.4) is 0 Å². The van der Waals surface area contributed by atoms with E-state index in [1.165, 1.54) is 37.7 Å². The Balaban J connectivity index is 1.86. The molecule has 0 radical (unpaired) electrons. The van der Waals surface area contributed by atoms with Crippen LogP contribution in [0.25, 0.3) is 0 Å². The van der Waals surface area contributed by atoms with Gasteiger partial charge in [0.1, 0.15) is 11.4 Å². The summed E-state index contributed by atoms with van der Waals surface area (Å²) in [6.45, 7) is 2.31. The monoisotopic (exact) mass is 337 g/mol. The number of nitrogens with one attached hydrogen (secondary N) is 1. The van der Waals surface area contributed by atoms with Gasteiger partial charge in [-0.3, -0.25) is 0 Å². The molecule has 2 aliphatic rings. The molecule has 1 spiro atoms. The standard InChI is InChI=1S/C17H24BrNO/c1-3-12-6-8-17(9-7-12)11-15(19-2)14-5-4-13(18)10-16(14)20-17/h4-5,10,12,15,19H,3,6-9,11H2,1-2H3. The molecule has 1 saturated carbocycles. The Hall–Kier alpha value is -0.540. The molecule has 2 nitrogen and oxygen atoms in total. The fourth-order valence-corrected chi connectivity index (χ4v) is 4.16. The lowest BCUT2D eigenvalue weighted by Crippen LogP contribution is -2.46. The van der Waals surface area contributed by atoms with Gasteiger partial charge >= 0.3 is 0 Å². The Labute approximate surface area is 130 Å². The summed E-state index contributed by atoms with van der Waals surface area (Å²) in [6.07, 6.45) is 7.46. The quantitative estimate of drug-likeness (QED) is 0.834. The van der Waals surface area contributed by atoms with Crippen LogP contribution in [0.5, 0.6) is 5.75 Å². The predicted molar refractivity (Wildman–Crippen MR) is 86.2 cm³/mol. The molecule has 1 aliphatic carbocycles. The van der Waals surface area contributed by atoms with Gasteiger partial charge in [0, 0.05) is 22.5 Å². The molecule has 3 rings (SSSR count). The first-order valence-corrected chi connectivity index (χ1v) is 8.61. The van der Waals surface area contributed by atoms with Crippen LogP contribution in [-0.2, 0) is 0 Å². The summed E-state index contributed by atoms with van der Waals surface area (Å²) in [7, 11) is 2.06. The molecule has 1 aromatic rings. The van der Waals surface area contributed by atoms with E-state index in [1.807, 2.05) is 0 Å². The van der Waals surface area contributed by atoms with Gasteiger partial charge in [-0.1, -0.05) is 35.3 Å². The first-order valence-electron chi connectivity index (χ1n) is 7.81. The highest BCUT2D eigenvalue weighted by molar-refractivity contribution is 9.10. The van der Waals surface area contributed by atoms with Crippen molar-refractivity contribution in [1.29, 1.82) is 0 Å². The molecule has 1 atom stereocenters. The van der Waals surface area contributed by atoms with Crippen LogP contribution in [0.4, 0.5) is 0 Å². The summed E-state index contributed by atoms with van der Waals surface area (Å²) in [5, 5.41) is 3.48. The van der Waals surface area contributed by atoms with Gasteiger partial charge in [-0.2, -0.15) is 0 Å². The molecule has 1 aliphatic heterocycles. The van der Waals surface area contributed by atoms with Crippen molar-refractivity contribution in [3.8, 4) is 5.75 Å². The highest BCUT2D eigenvalue weighted by Crippen LogP contribution is 2.48. The van der Waals surface area contributed by atoms with Gasteiger partial charge in [0.05, 0.1) is 0 Å². The second-order valence-electron chi connectivity index (χ2n) is 6.36. The largest absolute Gasteiger partial charge is 0.487 e. The predicted octanol–water partition coefficient (Wildman–Crippen LogP) is 4.83. The number of rotatable bonds is 2. The molecule has 110 valence electrons. The van der Waals surface area contributed by atoms with E-state index in [0.717, 1.165) is 22.6 Å². The number of fused-ring (bicyclic) bond motifs is 1. The second kappa shape index (κ2) is 5.69. The lowest BCUT2D eigenvalue weighted by atomic mass is 9.73. The minimum atomic E-state index is 0.0626. The molecular formula is C17H24BrNO. The molecule has 0 amide bonds. The summed E-state index contributed by atoms with van der Waals surface area (Å²) in [5.41, 5.74) is 1.37. The van der Waals surface area contributed by atoms with E-state index in [0.29, 0.717) is 6.04 Å². The van der Waals surface area contributed by atoms with Crippen molar-refractivity contribution < 1.29 is 4.74 Å². The first kappa shape index (κ1) is 14.4. The summed E-state index contributed by atoms with van der Waals surface area (Å²) in [4.78, 5) is 0. The maximum atomic E-state index is 6.50. The molecule has 1 aromatic carbocycles. The summed E-state index contributed by atoms with van der Waals surface area (Å²) < 4.78 is 7.60. The van der Waals surface area contributed by atoms with E-state index < -0.39 is 0 Å². The molecule has 3 heteroatoms. The highest BCUT2D eigenvalue weighted by Gasteiger charge is 2.42. The summed E-state index contributed by atoms with van der Waals surface area (Å²) in [5.74, 6) is 1.97. The fourth-order valence-electron chi connectivity index (χ4n) is 3.82. The Morgan fingerprint density at radius 2 is 2.10 bits per heavy atom. The van der Waals surface area contributed by atoms with Crippen molar-refractivity contribution in [3.63, 3.8) is 0 Å². The number of halogens is 1.